The number of hydrogen-bond acceptors (Lipinski definition) is 7. The highest BCUT2D eigenvalue weighted by Crippen LogP contribution is 2.33. The van der Waals surface area contributed by atoms with E-state index in [1.165, 1.54) is 22.7 Å². The number of thiophene rings is 1. The first kappa shape index (κ1) is 27.9. The van der Waals surface area contributed by atoms with E-state index in [2.05, 4.69) is 20.9 Å². The minimum atomic E-state index is -0.593. The molecule has 5 rings (SSSR count). The summed E-state index contributed by atoms with van der Waals surface area (Å²) in [7, 11) is 0. The highest BCUT2D eigenvalue weighted by atomic mass is 79.9. The maximum Gasteiger partial charge on any atom is 0.338 e. The van der Waals surface area contributed by atoms with E-state index in [9.17, 15) is 9.59 Å². The number of carbonyl (C=O) groups is 1. The number of ether oxygens (including phenoxy) is 2. The molecule has 1 aliphatic heterocycles. The third-order valence-electron chi connectivity index (χ3n) is 5.98. The summed E-state index contributed by atoms with van der Waals surface area (Å²) in [6, 6.07) is 14.1. The zero-order valence-corrected chi connectivity index (χ0v) is 25.5. The van der Waals surface area contributed by atoms with Crippen LogP contribution < -0.4 is 19.6 Å². The molecule has 0 bridgehead atoms. The number of nitrogens with zero attached hydrogens (tertiary/aromatic N) is 2. The highest BCUT2D eigenvalue weighted by Gasteiger charge is 2.33. The summed E-state index contributed by atoms with van der Waals surface area (Å²) in [6.45, 7) is 4.04. The van der Waals surface area contributed by atoms with Crippen molar-refractivity contribution in [1.29, 1.82) is 0 Å². The molecule has 200 valence electrons. The van der Waals surface area contributed by atoms with Crippen LogP contribution in [0.3, 0.4) is 0 Å². The molecule has 2 aromatic heterocycles. The number of esters is 1. The molecule has 0 saturated carbocycles. The number of thiazole rings is 1. The van der Waals surface area contributed by atoms with Gasteiger partial charge in [-0.05, 0) is 77.1 Å². The number of fused-ring (bicyclic) bond motifs is 1. The van der Waals surface area contributed by atoms with Crippen molar-refractivity contribution in [3.05, 3.63) is 115 Å². The second-order valence-electron chi connectivity index (χ2n) is 8.53. The van der Waals surface area contributed by atoms with Gasteiger partial charge in [0.2, 0.25) is 0 Å². The smallest absolute Gasteiger partial charge is 0.338 e. The van der Waals surface area contributed by atoms with Gasteiger partial charge in [0.15, 0.2) is 4.80 Å². The monoisotopic (exact) mass is 662 g/mol. The van der Waals surface area contributed by atoms with Crippen LogP contribution >= 0.6 is 61.8 Å². The molecule has 4 aromatic rings. The summed E-state index contributed by atoms with van der Waals surface area (Å²) in [4.78, 5) is 32.6. The van der Waals surface area contributed by atoms with Crippen LogP contribution in [0.4, 0.5) is 0 Å². The molecule has 0 spiro atoms. The van der Waals surface area contributed by atoms with Gasteiger partial charge in [-0.3, -0.25) is 9.36 Å². The topological polar surface area (TPSA) is 69.9 Å². The number of rotatable bonds is 7. The first-order valence-corrected chi connectivity index (χ1v) is 15.1. The summed E-state index contributed by atoms with van der Waals surface area (Å²) >= 11 is 18.6. The predicted molar refractivity (Wildman–Crippen MR) is 160 cm³/mol. The fourth-order valence-corrected chi connectivity index (χ4v) is 7.02. The Balaban J connectivity index is 1.49. The fraction of sp³-hybridized carbons (Fsp3) is 0.179. The number of carbonyl (C=O) groups excluding carboxylic acids is 1. The highest BCUT2D eigenvalue weighted by molar-refractivity contribution is 9.10. The molecule has 11 heteroatoms. The summed E-state index contributed by atoms with van der Waals surface area (Å²) in [6.07, 6.45) is 1.81. The largest absolute Gasteiger partial charge is 0.488 e. The van der Waals surface area contributed by atoms with Crippen molar-refractivity contribution in [1.82, 2.24) is 4.57 Å². The summed E-state index contributed by atoms with van der Waals surface area (Å²) in [5.74, 6) is 0.165. The van der Waals surface area contributed by atoms with Gasteiger partial charge in [-0.1, -0.05) is 52.7 Å². The van der Waals surface area contributed by atoms with Gasteiger partial charge in [0, 0.05) is 20.5 Å². The lowest BCUT2D eigenvalue weighted by molar-refractivity contribution is -0.139. The molecule has 1 atom stereocenters. The zero-order chi connectivity index (χ0) is 27.7. The molecule has 0 amide bonds. The molecule has 0 radical (unpaired) electrons. The lowest BCUT2D eigenvalue weighted by atomic mass is 10.0. The Labute approximate surface area is 250 Å². The summed E-state index contributed by atoms with van der Waals surface area (Å²) < 4.78 is 14.1. The number of halogens is 3. The van der Waals surface area contributed by atoms with Gasteiger partial charge in [0.05, 0.1) is 26.9 Å². The van der Waals surface area contributed by atoms with Crippen LogP contribution in [0.25, 0.3) is 6.08 Å². The number of allylic oxidation sites excluding steroid dienone is 1. The van der Waals surface area contributed by atoms with Crippen molar-refractivity contribution in [2.24, 2.45) is 4.99 Å². The van der Waals surface area contributed by atoms with E-state index in [4.69, 9.17) is 32.7 Å². The number of benzene rings is 2. The van der Waals surface area contributed by atoms with E-state index in [0.717, 1.165) is 20.5 Å². The van der Waals surface area contributed by atoms with Crippen molar-refractivity contribution in [3.8, 4) is 5.75 Å². The third kappa shape index (κ3) is 5.78. The molecule has 6 nitrogen and oxygen atoms in total. The quantitative estimate of drug-likeness (QED) is 0.212. The Kier molecular flexibility index (Phi) is 8.44. The predicted octanol–water partition coefficient (Wildman–Crippen LogP) is 6.51. The lowest BCUT2D eigenvalue weighted by Crippen LogP contribution is -2.39. The fourth-order valence-electron chi connectivity index (χ4n) is 4.18. The van der Waals surface area contributed by atoms with Gasteiger partial charge in [0.25, 0.3) is 5.56 Å². The standard InChI is InChI=1S/C28H21BrCl2N2O4S2/c1-3-36-27(35)24-15(2)32-28-33(25(24)22-5-4-10-38-22)26(34)23(39-28)12-16-6-9-21(19(29)11-16)37-14-17-7-8-18(30)13-20(17)31/h4-13,25H,3,14H2,1-2H3/b23-12-/t25-/m0/s1. The zero-order valence-electron chi connectivity index (χ0n) is 20.7. The second kappa shape index (κ2) is 11.8. The average molecular weight is 664 g/mol. The van der Waals surface area contributed by atoms with Crippen molar-refractivity contribution in [3.63, 3.8) is 0 Å². The maximum atomic E-state index is 13.7. The Bertz CT molecular complexity index is 1780. The molecular formula is C28H21BrCl2N2O4S2. The van der Waals surface area contributed by atoms with Crippen LogP contribution in [0.15, 0.2) is 79.4 Å². The van der Waals surface area contributed by atoms with Crippen molar-refractivity contribution < 1.29 is 14.3 Å². The minimum absolute atomic E-state index is 0.222. The molecule has 2 aromatic carbocycles. The SMILES string of the molecule is CCOC(=O)C1=C(C)N=c2s/c(=C\c3ccc(OCc4ccc(Cl)cc4Cl)c(Br)c3)c(=O)n2[C@H]1c1cccs1. The molecule has 0 aliphatic carbocycles. The third-order valence-corrected chi connectivity index (χ3v) is 9.10. The van der Waals surface area contributed by atoms with E-state index >= 15 is 0 Å². The van der Waals surface area contributed by atoms with Gasteiger partial charge in [0.1, 0.15) is 18.4 Å². The van der Waals surface area contributed by atoms with Gasteiger partial charge >= 0.3 is 5.97 Å². The maximum absolute atomic E-state index is 13.7. The Morgan fingerprint density at radius 1 is 1.21 bits per heavy atom. The van der Waals surface area contributed by atoms with Crippen LogP contribution in [0.1, 0.15) is 35.9 Å². The van der Waals surface area contributed by atoms with Crippen molar-refractivity contribution >= 4 is 73.9 Å². The van der Waals surface area contributed by atoms with Crippen LogP contribution in [0.2, 0.25) is 10.0 Å². The number of hydrogen-bond donors (Lipinski definition) is 0. The second-order valence-corrected chi connectivity index (χ2v) is 12.2. The first-order valence-electron chi connectivity index (χ1n) is 11.9. The van der Waals surface area contributed by atoms with Crippen LogP contribution in [0.5, 0.6) is 5.75 Å². The Hall–Kier alpha value is -2.69. The van der Waals surface area contributed by atoms with E-state index in [1.54, 1.807) is 30.5 Å². The number of aromatic nitrogens is 1. The molecule has 0 unspecified atom stereocenters. The summed E-state index contributed by atoms with van der Waals surface area (Å²) in [5, 5.41) is 3.02. The van der Waals surface area contributed by atoms with Crippen molar-refractivity contribution in [2.75, 3.05) is 6.61 Å². The minimum Gasteiger partial charge on any atom is -0.488 e. The lowest BCUT2D eigenvalue weighted by Gasteiger charge is -2.23. The van der Waals surface area contributed by atoms with E-state index in [1.807, 2.05) is 47.9 Å². The molecule has 0 fully saturated rings. The summed E-state index contributed by atoms with van der Waals surface area (Å²) in [5.41, 5.74) is 2.32. The Morgan fingerprint density at radius 3 is 2.72 bits per heavy atom. The molecule has 1 aliphatic rings. The van der Waals surface area contributed by atoms with E-state index in [0.29, 0.717) is 36.4 Å². The van der Waals surface area contributed by atoms with Gasteiger partial charge in [-0.25, -0.2) is 9.79 Å². The first-order chi connectivity index (χ1) is 18.8. The average Bonchev–Trinajstić information content (AvgIpc) is 3.52. The molecule has 39 heavy (non-hydrogen) atoms. The van der Waals surface area contributed by atoms with Gasteiger partial charge in [-0.15, -0.1) is 11.3 Å². The molecule has 3 heterocycles. The van der Waals surface area contributed by atoms with Crippen LogP contribution in [0, 0.1) is 0 Å². The van der Waals surface area contributed by atoms with Crippen molar-refractivity contribution in [2.45, 2.75) is 26.5 Å². The van der Waals surface area contributed by atoms with E-state index in [-0.39, 0.29) is 18.8 Å². The Morgan fingerprint density at radius 2 is 2.03 bits per heavy atom. The molecule has 0 N–H and O–H groups in total. The van der Waals surface area contributed by atoms with E-state index < -0.39 is 12.0 Å². The van der Waals surface area contributed by atoms with Gasteiger partial charge in [-0.2, -0.15) is 0 Å². The van der Waals surface area contributed by atoms with Gasteiger partial charge < -0.3 is 9.47 Å². The normalized spacial score (nSPS) is 15.2. The van der Waals surface area contributed by atoms with Crippen LogP contribution in [-0.4, -0.2) is 17.1 Å². The molecule has 0 saturated heterocycles. The molecular weight excluding hydrogens is 643 g/mol. The van der Waals surface area contributed by atoms with Crippen LogP contribution in [-0.2, 0) is 16.1 Å².